The topological polar surface area (TPSA) is 52.6 Å². The lowest BCUT2D eigenvalue weighted by Gasteiger charge is -2.18. The van der Waals surface area contributed by atoms with E-state index < -0.39 is 0 Å². The molecule has 0 aliphatic carbocycles. The van der Waals surface area contributed by atoms with Crippen LogP contribution in [0.4, 0.5) is 0 Å². The molecular formula is C22H21ClO4. The Labute approximate surface area is 163 Å². The van der Waals surface area contributed by atoms with E-state index in [-0.39, 0.29) is 23.8 Å². The SMILES string of the molecule is CC(C)C(=O)Oc1c2ccccc2c(OC(=O)C(C)C)c2c(Cl)cccc12. The standard InChI is InChI=1S/C22H21ClO4/c1-12(2)21(24)26-19-14-8-5-6-9-15(14)20(27-22(25)13(3)4)18-16(19)10-7-11-17(18)23/h5-13H,1-4H3. The predicted octanol–water partition coefficient (Wildman–Crippen LogP) is 5.77. The van der Waals surface area contributed by atoms with E-state index in [1.807, 2.05) is 30.3 Å². The highest BCUT2D eigenvalue weighted by Gasteiger charge is 2.23. The first kappa shape index (κ1) is 19.2. The van der Waals surface area contributed by atoms with Gasteiger partial charge in [-0.2, -0.15) is 0 Å². The molecule has 4 nitrogen and oxygen atoms in total. The van der Waals surface area contributed by atoms with Crippen molar-refractivity contribution in [2.75, 3.05) is 0 Å². The Morgan fingerprint density at radius 1 is 0.741 bits per heavy atom. The fraction of sp³-hybridized carbons (Fsp3) is 0.273. The number of ether oxygens (including phenoxy) is 2. The van der Waals surface area contributed by atoms with Crippen molar-refractivity contribution in [3.63, 3.8) is 0 Å². The average Bonchev–Trinajstić information content (AvgIpc) is 2.63. The van der Waals surface area contributed by atoms with Gasteiger partial charge in [-0.1, -0.05) is 75.7 Å². The molecule has 5 heteroatoms. The fourth-order valence-corrected chi connectivity index (χ4v) is 3.02. The lowest BCUT2D eigenvalue weighted by atomic mass is 10.00. The molecule has 0 unspecified atom stereocenters. The average molecular weight is 385 g/mol. The van der Waals surface area contributed by atoms with E-state index in [1.54, 1.807) is 39.8 Å². The van der Waals surface area contributed by atoms with Crippen LogP contribution in [0.2, 0.25) is 5.02 Å². The zero-order chi connectivity index (χ0) is 19.7. The van der Waals surface area contributed by atoms with E-state index in [4.69, 9.17) is 21.1 Å². The molecule has 0 N–H and O–H groups in total. The summed E-state index contributed by atoms with van der Waals surface area (Å²) in [5.41, 5.74) is 0. The monoisotopic (exact) mass is 384 g/mol. The highest BCUT2D eigenvalue weighted by molar-refractivity contribution is 6.37. The summed E-state index contributed by atoms with van der Waals surface area (Å²) < 4.78 is 11.5. The van der Waals surface area contributed by atoms with Gasteiger partial charge in [0.15, 0.2) is 0 Å². The Hall–Kier alpha value is -2.59. The summed E-state index contributed by atoms with van der Waals surface area (Å²) in [7, 11) is 0. The molecule has 0 saturated carbocycles. The molecule has 0 fully saturated rings. The molecule has 0 radical (unpaired) electrons. The first-order chi connectivity index (χ1) is 12.8. The van der Waals surface area contributed by atoms with Gasteiger partial charge in [-0.05, 0) is 6.07 Å². The van der Waals surface area contributed by atoms with Gasteiger partial charge in [0.25, 0.3) is 0 Å². The minimum Gasteiger partial charge on any atom is -0.425 e. The highest BCUT2D eigenvalue weighted by Crippen LogP contribution is 2.45. The number of fused-ring (bicyclic) bond motifs is 2. The van der Waals surface area contributed by atoms with E-state index in [0.717, 1.165) is 0 Å². The van der Waals surface area contributed by atoms with Gasteiger partial charge < -0.3 is 9.47 Å². The molecule has 140 valence electrons. The van der Waals surface area contributed by atoms with Crippen LogP contribution in [-0.4, -0.2) is 11.9 Å². The van der Waals surface area contributed by atoms with Crippen molar-refractivity contribution in [3.8, 4) is 11.5 Å². The molecule has 0 atom stereocenters. The lowest BCUT2D eigenvalue weighted by molar-refractivity contribution is -0.138. The van der Waals surface area contributed by atoms with Gasteiger partial charge in [0.1, 0.15) is 11.5 Å². The van der Waals surface area contributed by atoms with Gasteiger partial charge in [-0.3, -0.25) is 9.59 Å². The summed E-state index contributed by atoms with van der Waals surface area (Å²) in [6.07, 6.45) is 0. The smallest absolute Gasteiger partial charge is 0.313 e. The van der Waals surface area contributed by atoms with Crippen LogP contribution in [0.1, 0.15) is 27.7 Å². The van der Waals surface area contributed by atoms with Crippen LogP contribution < -0.4 is 9.47 Å². The molecule has 3 aromatic carbocycles. The molecule has 0 saturated heterocycles. The number of carbonyl (C=O) groups is 2. The first-order valence-electron chi connectivity index (χ1n) is 8.87. The van der Waals surface area contributed by atoms with Crippen LogP contribution in [0.3, 0.4) is 0 Å². The van der Waals surface area contributed by atoms with Crippen molar-refractivity contribution >= 4 is 45.1 Å². The van der Waals surface area contributed by atoms with Crippen molar-refractivity contribution in [2.24, 2.45) is 11.8 Å². The molecule has 3 rings (SSSR count). The quantitative estimate of drug-likeness (QED) is 0.325. The van der Waals surface area contributed by atoms with Gasteiger partial charge in [-0.15, -0.1) is 0 Å². The third-order valence-electron chi connectivity index (χ3n) is 4.25. The number of rotatable bonds is 4. The molecule has 0 spiro atoms. The van der Waals surface area contributed by atoms with Crippen LogP contribution in [0, 0.1) is 11.8 Å². The number of esters is 2. The van der Waals surface area contributed by atoms with Crippen LogP contribution in [-0.2, 0) is 9.59 Å². The maximum atomic E-state index is 12.3. The summed E-state index contributed by atoms with van der Waals surface area (Å²) >= 11 is 6.46. The zero-order valence-electron chi connectivity index (χ0n) is 15.7. The molecular weight excluding hydrogens is 364 g/mol. The minimum atomic E-state index is -0.353. The minimum absolute atomic E-state index is 0.281. The summed E-state index contributed by atoms with van der Waals surface area (Å²) in [6.45, 7) is 7.09. The van der Waals surface area contributed by atoms with Crippen molar-refractivity contribution in [1.29, 1.82) is 0 Å². The Kier molecular flexibility index (Phi) is 5.38. The van der Waals surface area contributed by atoms with Gasteiger partial charge in [-0.25, -0.2) is 0 Å². The Balaban J connectivity index is 2.38. The maximum Gasteiger partial charge on any atom is 0.313 e. The normalized spacial score (nSPS) is 11.4. The number of benzene rings is 3. The van der Waals surface area contributed by atoms with Crippen LogP contribution >= 0.6 is 11.6 Å². The fourth-order valence-electron chi connectivity index (χ4n) is 2.76. The molecule has 0 heterocycles. The van der Waals surface area contributed by atoms with E-state index in [2.05, 4.69) is 0 Å². The van der Waals surface area contributed by atoms with Gasteiger partial charge in [0, 0.05) is 21.5 Å². The summed E-state index contributed by atoms with van der Waals surface area (Å²) in [6, 6.07) is 12.7. The number of halogens is 1. The maximum absolute atomic E-state index is 12.3. The van der Waals surface area contributed by atoms with Gasteiger partial charge >= 0.3 is 11.9 Å². The van der Waals surface area contributed by atoms with Crippen LogP contribution in [0.5, 0.6) is 11.5 Å². The van der Waals surface area contributed by atoms with Crippen LogP contribution in [0.15, 0.2) is 42.5 Å². The van der Waals surface area contributed by atoms with E-state index in [9.17, 15) is 9.59 Å². The van der Waals surface area contributed by atoms with Crippen molar-refractivity contribution in [1.82, 2.24) is 0 Å². The van der Waals surface area contributed by atoms with Gasteiger partial charge in [0.2, 0.25) is 0 Å². The second kappa shape index (κ2) is 7.57. The Bertz CT molecular complexity index is 1040. The summed E-state index contributed by atoms with van der Waals surface area (Å²) in [5, 5.41) is 2.96. The first-order valence-corrected chi connectivity index (χ1v) is 9.25. The zero-order valence-corrected chi connectivity index (χ0v) is 16.5. The van der Waals surface area contributed by atoms with E-state index >= 15 is 0 Å². The molecule has 3 aromatic rings. The Morgan fingerprint density at radius 2 is 1.22 bits per heavy atom. The summed E-state index contributed by atoms with van der Waals surface area (Å²) in [4.78, 5) is 24.6. The highest BCUT2D eigenvalue weighted by atomic mass is 35.5. The van der Waals surface area contributed by atoms with Crippen LogP contribution in [0.25, 0.3) is 21.5 Å². The van der Waals surface area contributed by atoms with Crippen molar-refractivity contribution in [3.05, 3.63) is 47.5 Å². The predicted molar refractivity (Wildman–Crippen MR) is 107 cm³/mol. The Morgan fingerprint density at radius 3 is 1.78 bits per heavy atom. The third kappa shape index (κ3) is 3.62. The number of hydrogen-bond donors (Lipinski definition) is 0. The lowest BCUT2D eigenvalue weighted by Crippen LogP contribution is -2.17. The number of carbonyl (C=O) groups excluding carboxylic acids is 2. The summed E-state index contributed by atoms with van der Waals surface area (Å²) in [5.74, 6) is -0.460. The van der Waals surface area contributed by atoms with Crippen molar-refractivity contribution in [2.45, 2.75) is 27.7 Å². The molecule has 0 aromatic heterocycles. The van der Waals surface area contributed by atoms with Crippen molar-refractivity contribution < 1.29 is 19.1 Å². The molecule has 0 bridgehead atoms. The third-order valence-corrected chi connectivity index (χ3v) is 4.56. The second-order valence-corrected chi connectivity index (χ2v) is 7.43. The largest absolute Gasteiger partial charge is 0.425 e. The molecule has 0 aliphatic heterocycles. The van der Waals surface area contributed by atoms with E-state index in [1.165, 1.54) is 0 Å². The van der Waals surface area contributed by atoms with E-state index in [0.29, 0.717) is 38.1 Å². The molecule has 27 heavy (non-hydrogen) atoms. The van der Waals surface area contributed by atoms with Gasteiger partial charge in [0.05, 0.1) is 16.9 Å². The molecule has 0 aliphatic rings. The molecule has 0 amide bonds. The number of hydrogen-bond acceptors (Lipinski definition) is 4. The second-order valence-electron chi connectivity index (χ2n) is 7.02.